The van der Waals surface area contributed by atoms with Gasteiger partial charge in [0.15, 0.2) is 0 Å². The zero-order valence-corrected chi connectivity index (χ0v) is 17.5. The first-order chi connectivity index (χ1) is 15.5. The van der Waals surface area contributed by atoms with E-state index in [2.05, 4.69) is 6.07 Å². The minimum Gasteiger partial charge on any atom is -0.423 e. The molecule has 0 atom stereocenters. The second-order valence-electron chi connectivity index (χ2n) is 7.48. The second kappa shape index (κ2) is 8.86. The molecule has 0 saturated carbocycles. The first-order valence-electron chi connectivity index (χ1n) is 10.3. The van der Waals surface area contributed by atoms with Gasteiger partial charge in [0.25, 0.3) is 11.8 Å². The average Bonchev–Trinajstić information content (AvgIpc) is 3.07. The highest BCUT2D eigenvalue weighted by Crippen LogP contribution is 2.26. The van der Waals surface area contributed by atoms with Crippen LogP contribution in [0.1, 0.15) is 56.4 Å². The van der Waals surface area contributed by atoms with E-state index in [1.165, 1.54) is 23.1 Å². The van der Waals surface area contributed by atoms with E-state index in [9.17, 15) is 14.4 Å². The Kier molecular flexibility index (Phi) is 5.82. The fraction of sp³-hybridized carbons (Fsp3) is 0.154. The van der Waals surface area contributed by atoms with Crippen molar-refractivity contribution in [1.82, 2.24) is 4.90 Å². The van der Waals surface area contributed by atoms with Crippen LogP contribution in [0.3, 0.4) is 0 Å². The minimum absolute atomic E-state index is 0.207. The predicted octanol–water partition coefficient (Wildman–Crippen LogP) is 4.84. The molecule has 3 aromatic carbocycles. The summed E-state index contributed by atoms with van der Waals surface area (Å²) < 4.78 is 5.45. The lowest BCUT2D eigenvalue weighted by molar-refractivity contribution is 0.0651. The third-order valence-corrected chi connectivity index (χ3v) is 5.35. The van der Waals surface area contributed by atoms with E-state index >= 15 is 0 Å². The molecule has 32 heavy (non-hydrogen) atoms. The standard InChI is InChI=1S/C26H20N2O4/c1-2-3-14-28-24(29)22-13-10-20(15-23(22)25(28)30)26(31)32-21-11-8-19(9-12-21)18-6-4-17(16-27)5-7-18/h4-13,15H,2-3,14H2,1H3. The summed E-state index contributed by atoms with van der Waals surface area (Å²) in [6.45, 7) is 2.36. The number of ether oxygens (including phenoxy) is 1. The van der Waals surface area contributed by atoms with Crippen LogP contribution in [0.2, 0.25) is 0 Å². The number of fused-ring (bicyclic) bond motifs is 1. The molecule has 6 heteroatoms. The summed E-state index contributed by atoms with van der Waals surface area (Å²) in [6, 6.07) is 20.7. The van der Waals surface area contributed by atoms with Crippen LogP contribution in [0.15, 0.2) is 66.7 Å². The molecule has 3 aromatic rings. The number of esters is 1. The van der Waals surface area contributed by atoms with E-state index in [-0.39, 0.29) is 22.9 Å². The molecule has 1 aliphatic rings. The molecule has 0 unspecified atom stereocenters. The fourth-order valence-corrected chi connectivity index (χ4v) is 3.56. The molecular weight excluding hydrogens is 404 g/mol. The highest BCUT2D eigenvalue weighted by molar-refractivity contribution is 6.22. The van der Waals surface area contributed by atoms with Crippen LogP contribution >= 0.6 is 0 Å². The lowest BCUT2D eigenvalue weighted by Crippen LogP contribution is -2.30. The van der Waals surface area contributed by atoms with Gasteiger partial charge in [-0.2, -0.15) is 5.26 Å². The van der Waals surface area contributed by atoms with Crippen LogP contribution in [0, 0.1) is 11.3 Å². The largest absolute Gasteiger partial charge is 0.423 e. The monoisotopic (exact) mass is 424 g/mol. The topological polar surface area (TPSA) is 87.5 Å². The van der Waals surface area contributed by atoms with Gasteiger partial charge in [0.2, 0.25) is 0 Å². The number of unbranched alkanes of at least 4 members (excludes halogenated alkanes) is 1. The Labute approximate surface area is 185 Å². The minimum atomic E-state index is -0.605. The van der Waals surface area contributed by atoms with Gasteiger partial charge in [-0.15, -0.1) is 0 Å². The first kappa shape index (κ1) is 21.0. The third-order valence-electron chi connectivity index (χ3n) is 5.35. The summed E-state index contributed by atoms with van der Waals surface area (Å²) in [5.41, 5.74) is 3.20. The van der Waals surface area contributed by atoms with Crippen molar-refractivity contribution in [3.8, 4) is 22.9 Å². The van der Waals surface area contributed by atoms with E-state index in [1.54, 1.807) is 24.3 Å². The maximum atomic E-state index is 12.6. The van der Waals surface area contributed by atoms with Gasteiger partial charge in [0, 0.05) is 6.54 Å². The van der Waals surface area contributed by atoms with Crippen LogP contribution in [0.5, 0.6) is 5.75 Å². The van der Waals surface area contributed by atoms with Crippen LogP contribution < -0.4 is 4.74 Å². The number of hydrogen-bond acceptors (Lipinski definition) is 5. The van der Waals surface area contributed by atoms with Crippen molar-refractivity contribution in [2.24, 2.45) is 0 Å². The highest BCUT2D eigenvalue weighted by Gasteiger charge is 2.35. The summed E-state index contributed by atoms with van der Waals surface area (Å²) in [6.07, 6.45) is 1.60. The normalized spacial score (nSPS) is 12.4. The molecule has 0 fully saturated rings. The maximum Gasteiger partial charge on any atom is 0.343 e. The van der Waals surface area contributed by atoms with Gasteiger partial charge < -0.3 is 4.74 Å². The van der Waals surface area contributed by atoms with Crippen molar-refractivity contribution in [1.29, 1.82) is 5.26 Å². The van der Waals surface area contributed by atoms with Crippen molar-refractivity contribution >= 4 is 17.8 Å². The van der Waals surface area contributed by atoms with Gasteiger partial charge in [0.1, 0.15) is 5.75 Å². The highest BCUT2D eigenvalue weighted by atomic mass is 16.5. The Morgan fingerprint density at radius 3 is 2.16 bits per heavy atom. The molecule has 0 N–H and O–H groups in total. The van der Waals surface area contributed by atoms with Crippen LogP contribution in [0.4, 0.5) is 0 Å². The zero-order chi connectivity index (χ0) is 22.7. The van der Waals surface area contributed by atoms with Crippen molar-refractivity contribution in [2.45, 2.75) is 19.8 Å². The van der Waals surface area contributed by atoms with Gasteiger partial charge in [-0.1, -0.05) is 37.6 Å². The number of benzene rings is 3. The Morgan fingerprint density at radius 2 is 1.53 bits per heavy atom. The van der Waals surface area contributed by atoms with Crippen LogP contribution in [-0.2, 0) is 0 Å². The van der Waals surface area contributed by atoms with Crippen LogP contribution in [-0.4, -0.2) is 29.2 Å². The number of nitriles is 1. The summed E-state index contributed by atoms with van der Waals surface area (Å²) in [4.78, 5) is 38.9. The summed E-state index contributed by atoms with van der Waals surface area (Å²) in [5, 5.41) is 8.90. The molecule has 0 radical (unpaired) electrons. The molecule has 0 aliphatic carbocycles. The third kappa shape index (κ3) is 4.01. The second-order valence-corrected chi connectivity index (χ2v) is 7.48. The van der Waals surface area contributed by atoms with Crippen molar-refractivity contribution in [3.63, 3.8) is 0 Å². The molecule has 1 aliphatic heterocycles. The number of carbonyl (C=O) groups excluding carboxylic acids is 3. The van der Waals surface area contributed by atoms with E-state index < -0.39 is 5.97 Å². The van der Waals surface area contributed by atoms with E-state index in [0.717, 1.165) is 24.0 Å². The van der Waals surface area contributed by atoms with Crippen molar-refractivity contribution in [2.75, 3.05) is 6.54 Å². The molecule has 0 aromatic heterocycles. The number of nitrogens with zero attached hydrogens (tertiary/aromatic N) is 2. The molecule has 0 bridgehead atoms. The number of carbonyl (C=O) groups is 3. The average molecular weight is 424 g/mol. The van der Waals surface area contributed by atoms with Gasteiger partial charge in [0.05, 0.1) is 28.3 Å². The molecule has 6 nitrogen and oxygen atoms in total. The number of rotatable bonds is 6. The molecule has 4 rings (SSSR count). The van der Waals surface area contributed by atoms with Crippen molar-refractivity contribution in [3.05, 3.63) is 89.0 Å². The van der Waals surface area contributed by atoms with E-state index in [4.69, 9.17) is 10.00 Å². The first-order valence-corrected chi connectivity index (χ1v) is 10.3. The van der Waals surface area contributed by atoms with Crippen LogP contribution in [0.25, 0.3) is 11.1 Å². The Morgan fingerprint density at radius 1 is 0.906 bits per heavy atom. The van der Waals surface area contributed by atoms with Gasteiger partial charge in [-0.05, 0) is 60.0 Å². The SMILES string of the molecule is CCCCN1C(=O)c2ccc(C(=O)Oc3ccc(-c4ccc(C#N)cc4)cc3)cc2C1=O. The fourth-order valence-electron chi connectivity index (χ4n) is 3.56. The number of hydrogen-bond donors (Lipinski definition) is 0. The number of imide groups is 1. The van der Waals surface area contributed by atoms with E-state index in [0.29, 0.717) is 23.4 Å². The molecule has 1 heterocycles. The molecule has 0 spiro atoms. The lowest BCUT2D eigenvalue weighted by atomic mass is 10.0. The summed E-state index contributed by atoms with van der Waals surface area (Å²) in [5.74, 6) is -0.942. The van der Waals surface area contributed by atoms with E-state index in [1.807, 2.05) is 31.2 Å². The zero-order valence-electron chi connectivity index (χ0n) is 17.5. The van der Waals surface area contributed by atoms with Gasteiger partial charge in [-0.3, -0.25) is 14.5 Å². The Bertz CT molecular complexity index is 1240. The quantitative estimate of drug-likeness (QED) is 0.321. The van der Waals surface area contributed by atoms with Crippen molar-refractivity contribution < 1.29 is 19.1 Å². The molecular formula is C26H20N2O4. The molecule has 0 saturated heterocycles. The van der Waals surface area contributed by atoms with Gasteiger partial charge in [-0.25, -0.2) is 4.79 Å². The Hall–Kier alpha value is -4.24. The smallest absolute Gasteiger partial charge is 0.343 e. The Balaban J connectivity index is 1.48. The number of amides is 2. The predicted molar refractivity (Wildman–Crippen MR) is 118 cm³/mol. The lowest BCUT2D eigenvalue weighted by Gasteiger charge is -2.12. The molecule has 158 valence electrons. The maximum absolute atomic E-state index is 12.6. The molecule has 2 amide bonds. The summed E-state index contributed by atoms with van der Waals surface area (Å²) in [7, 11) is 0. The van der Waals surface area contributed by atoms with Gasteiger partial charge >= 0.3 is 5.97 Å². The summed E-state index contributed by atoms with van der Waals surface area (Å²) >= 11 is 0.